The second kappa shape index (κ2) is 12.1. The Bertz CT molecular complexity index is 1960. The number of carbonyl (C=O) groups is 2. The molecule has 0 atom stereocenters. The van der Waals surface area contributed by atoms with Crippen LogP contribution in [-0.2, 0) is 26.6 Å². The number of amides is 2. The Hall–Kier alpha value is -5.02. The Morgan fingerprint density at radius 1 is 0.913 bits per heavy atom. The fourth-order valence-electron chi connectivity index (χ4n) is 6.42. The highest BCUT2D eigenvalue weighted by atomic mass is 35.5. The maximum atomic E-state index is 14.5. The maximum absolute atomic E-state index is 14.5. The predicted octanol–water partition coefficient (Wildman–Crippen LogP) is 6.91. The van der Waals surface area contributed by atoms with Gasteiger partial charge in [0.05, 0.1) is 34.6 Å². The Labute approximate surface area is 272 Å². The smallest absolute Gasteiger partial charge is 0.264 e. The van der Waals surface area contributed by atoms with E-state index in [9.17, 15) is 14.7 Å². The number of aromatic hydroxyl groups is 1. The van der Waals surface area contributed by atoms with Crippen LogP contribution in [0.1, 0.15) is 50.4 Å². The number of aromatic nitrogens is 3. The Morgan fingerprint density at radius 2 is 1.72 bits per heavy atom. The molecule has 3 aromatic carbocycles. The average Bonchev–Trinajstić information content (AvgIpc) is 3.64. The van der Waals surface area contributed by atoms with E-state index >= 15 is 0 Å². The van der Waals surface area contributed by atoms with Crippen LogP contribution < -0.4 is 9.64 Å². The molecule has 234 valence electrons. The van der Waals surface area contributed by atoms with E-state index < -0.39 is 0 Å². The normalized spacial score (nSPS) is 15.4. The second-order valence-corrected chi connectivity index (χ2v) is 12.2. The van der Waals surface area contributed by atoms with Crippen molar-refractivity contribution in [2.75, 3.05) is 18.1 Å². The second-order valence-electron chi connectivity index (χ2n) is 11.8. The summed E-state index contributed by atoms with van der Waals surface area (Å²) in [5, 5.41) is 14.9. The summed E-state index contributed by atoms with van der Waals surface area (Å²) >= 11 is 6.79. The third kappa shape index (κ3) is 5.30. The molecule has 10 heteroatoms. The van der Waals surface area contributed by atoms with Crippen LogP contribution in [0.5, 0.6) is 11.5 Å². The fourth-order valence-corrected chi connectivity index (χ4v) is 6.68. The number of ether oxygens (including phenoxy) is 1. The molecule has 0 radical (unpaired) electrons. The van der Waals surface area contributed by atoms with Crippen molar-refractivity contribution >= 4 is 34.8 Å². The van der Waals surface area contributed by atoms with Gasteiger partial charge >= 0.3 is 0 Å². The SMILES string of the molecule is Cc1c2cc(n1C)-c1cccc(Cl)c1C(=O)N1CCc3c(cccc3OCCCCn3cc(cn3)N(c3ccc(O)cc3)C2=O)C1. The molecule has 5 heterocycles. The molecule has 8 rings (SSSR count). The molecule has 0 saturated carbocycles. The summed E-state index contributed by atoms with van der Waals surface area (Å²) in [6.45, 7) is 4.10. The Balaban J connectivity index is 1.36. The lowest BCUT2D eigenvalue weighted by Gasteiger charge is -2.31. The lowest BCUT2D eigenvalue weighted by atomic mass is 9.96. The molecule has 0 saturated heterocycles. The van der Waals surface area contributed by atoms with Crippen LogP contribution >= 0.6 is 11.6 Å². The van der Waals surface area contributed by atoms with Gasteiger partial charge in [-0.25, -0.2) is 0 Å². The van der Waals surface area contributed by atoms with Crippen LogP contribution in [0, 0.1) is 6.92 Å². The monoisotopic (exact) mass is 635 g/mol. The first-order chi connectivity index (χ1) is 22.3. The minimum atomic E-state index is -0.262. The molecule has 2 aromatic heterocycles. The number of fused-ring (bicyclic) bond motifs is 6. The van der Waals surface area contributed by atoms with Crippen molar-refractivity contribution < 1.29 is 19.4 Å². The highest BCUT2D eigenvalue weighted by Gasteiger charge is 2.30. The summed E-state index contributed by atoms with van der Waals surface area (Å²) in [6.07, 6.45) is 5.89. The van der Waals surface area contributed by atoms with Gasteiger partial charge in [-0.2, -0.15) is 5.10 Å². The van der Waals surface area contributed by atoms with Crippen molar-refractivity contribution in [1.29, 1.82) is 0 Å². The summed E-state index contributed by atoms with van der Waals surface area (Å²) in [5.74, 6) is 0.547. The number of hydrogen-bond acceptors (Lipinski definition) is 5. The third-order valence-corrected chi connectivity index (χ3v) is 9.32. The zero-order valence-corrected chi connectivity index (χ0v) is 26.5. The number of rotatable bonds is 1. The minimum absolute atomic E-state index is 0.103. The molecule has 8 bridgehead atoms. The lowest BCUT2D eigenvalue weighted by molar-refractivity contribution is 0.0734. The van der Waals surface area contributed by atoms with E-state index in [2.05, 4.69) is 11.2 Å². The van der Waals surface area contributed by atoms with Gasteiger partial charge in [-0.3, -0.25) is 19.2 Å². The predicted molar refractivity (Wildman–Crippen MR) is 177 cm³/mol. The Kier molecular flexibility index (Phi) is 7.78. The molecule has 3 aliphatic rings. The van der Waals surface area contributed by atoms with Crippen LogP contribution in [0.4, 0.5) is 11.4 Å². The summed E-state index contributed by atoms with van der Waals surface area (Å²) in [4.78, 5) is 32.2. The van der Waals surface area contributed by atoms with E-state index in [1.165, 1.54) is 0 Å². The molecular formula is C36H34ClN5O4. The number of phenolic OH excluding ortho intramolecular Hbond substituents is 1. The van der Waals surface area contributed by atoms with Gasteiger partial charge in [0.1, 0.15) is 11.5 Å². The molecule has 46 heavy (non-hydrogen) atoms. The fraction of sp³-hybridized carbons (Fsp3) is 0.250. The Morgan fingerprint density at radius 3 is 2.54 bits per heavy atom. The van der Waals surface area contributed by atoms with E-state index in [4.69, 9.17) is 16.3 Å². The highest BCUT2D eigenvalue weighted by Crippen LogP contribution is 2.37. The molecule has 0 unspecified atom stereocenters. The van der Waals surface area contributed by atoms with Crippen molar-refractivity contribution in [1.82, 2.24) is 19.2 Å². The number of anilines is 2. The van der Waals surface area contributed by atoms with Crippen molar-refractivity contribution in [2.45, 2.75) is 39.3 Å². The van der Waals surface area contributed by atoms with E-state index in [1.54, 1.807) is 41.4 Å². The van der Waals surface area contributed by atoms with Gasteiger partial charge in [-0.1, -0.05) is 35.9 Å². The first-order valence-corrected chi connectivity index (χ1v) is 15.8. The number of hydrogen-bond donors (Lipinski definition) is 1. The van der Waals surface area contributed by atoms with Crippen molar-refractivity contribution in [3.63, 3.8) is 0 Å². The summed E-state index contributed by atoms with van der Waals surface area (Å²) in [6, 6.07) is 19.8. The first kappa shape index (κ1) is 29.7. The van der Waals surface area contributed by atoms with Gasteiger partial charge in [-0.15, -0.1) is 0 Å². The average molecular weight is 636 g/mol. The molecule has 3 aliphatic heterocycles. The number of carbonyl (C=O) groups excluding carboxylic acids is 2. The van der Waals surface area contributed by atoms with E-state index in [0.717, 1.165) is 35.4 Å². The van der Waals surface area contributed by atoms with Crippen molar-refractivity contribution in [3.8, 4) is 22.8 Å². The molecule has 0 aliphatic carbocycles. The highest BCUT2D eigenvalue weighted by molar-refractivity contribution is 6.34. The van der Waals surface area contributed by atoms with Crippen LogP contribution in [0.3, 0.4) is 0 Å². The summed E-state index contributed by atoms with van der Waals surface area (Å²) in [7, 11) is 1.89. The summed E-state index contributed by atoms with van der Waals surface area (Å²) in [5.41, 5.74) is 6.36. The number of nitrogens with zero attached hydrogens (tertiary/aromatic N) is 5. The zero-order valence-electron chi connectivity index (χ0n) is 25.7. The van der Waals surface area contributed by atoms with Crippen LogP contribution in [0.15, 0.2) is 79.1 Å². The zero-order chi connectivity index (χ0) is 31.9. The van der Waals surface area contributed by atoms with E-state index in [0.29, 0.717) is 71.4 Å². The largest absolute Gasteiger partial charge is 0.508 e. The van der Waals surface area contributed by atoms with Crippen molar-refractivity contribution in [3.05, 3.63) is 112 Å². The molecule has 5 aromatic rings. The minimum Gasteiger partial charge on any atom is -0.508 e. The van der Waals surface area contributed by atoms with Gasteiger partial charge in [0.15, 0.2) is 0 Å². The first-order valence-electron chi connectivity index (χ1n) is 15.4. The quantitative estimate of drug-likeness (QED) is 0.216. The van der Waals surface area contributed by atoms with Gasteiger partial charge in [0.2, 0.25) is 0 Å². The topological polar surface area (TPSA) is 92.8 Å². The molecule has 0 fully saturated rings. The van der Waals surface area contributed by atoms with E-state index in [-0.39, 0.29) is 17.6 Å². The third-order valence-electron chi connectivity index (χ3n) is 9.01. The van der Waals surface area contributed by atoms with Gasteiger partial charge in [0, 0.05) is 61.1 Å². The number of benzene rings is 3. The maximum Gasteiger partial charge on any atom is 0.264 e. The standard InChI is InChI=1S/C36H34ClN5O4/c1-23-30-19-32(39(23)2)29-8-6-9-31(37)34(29)36(45)40-17-15-28-24(21-40)7-5-10-33(28)46-18-4-3-16-41-22-26(20-38-41)42(35(30)44)25-11-13-27(43)14-12-25/h5-14,19-20,22,43H,3-4,15-18,21H2,1-2H3. The summed E-state index contributed by atoms with van der Waals surface area (Å²) < 4.78 is 10.0. The van der Waals surface area contributed by atoms with Crippen molar-refractivity contribution in [2.24, 2.45) is 7.05 Å². The number of aryl methyl sites for hydroxylation is 1. The lowest BCUT2D eigenvalue weighted by Crippen LogP contribution is -2.36. The number of halogens is 1. The molecular weight excluding hydrogens is 602 g/mol. The van der Waals surface area contributed by atoms with Gasteiger partial charge in [0.25, 0.3) is 11.8 Å². The van der Waals surface area contributed by atoms with Crippen LogP contribution in [0.2, 0.25) is 5.02 Å². The molecule has 1 N–H and O–H groups in total. The van der Waals surface area contributed by atoms with Crippen LogP contribution in [-0.4, -0.2) is 49.3 Å². The van der Waals surface area contributed by atoms with Gasteiger partial charge in [-0.05, 0) is 74.2 Å². The molecule has 9 nitrogen and oxygen atoms in total. The van der Waals surface area contributed by atoms with Crippen LogP contribution in [0.25, 0.3) is 11.3 Å². The van der Waals surface area contributed by atoms with E-state index in [1.807, 2.05) is 64.6 Å². The van der Waals surface area contributed by atoms with Gasteiger partial charge < -0.3 is 19.3 Å². The molecule has 0 spiro atoms. The number of phenols is 1. The molecule has 2 amide bonds.